The molecule has 2 unspecified atom stereocenters. The van der Waals surface area contributed by atoms with Crippen LogP contribution in [0.15, 0.2) is 18.2 Å². The molecule has 1 fully saturated rings. The van der Waals surface area contributed by atoms with Crippen molar-refractivity contribution in [3.63, 3.8) is 0 Å². The number of carbonyl (C=O) groups excluding carboxylic acids is 1. The number of nitrogens with zero attached hydrogens (tertiary/aromatic N) is 1. The van der Waals surface area contributed by atoms with Crippen LogP contribution in [0.4, 0.5) is 4.39 Å². The zero-order valence-electron chi connectivity index (χ0n) is 10.6. The second kappa shape index (κ2) is 6.85. The van der Waals surface area contributed by atoms with Crippen LogP contribution in [0.3, 0.4) is 0 Å². The Morgan fingerprint density at radius 3 is 2.79 bits per heavy atom. The fourth-order valence-corrected chi connectivity index (χ4v) is 2.94. The van der Waals surface area contributed by atoms with E-state index in [9.17, 15) is 9.18 Å². The summed E-state index contributed by atoms with van der Waals surface area (Å²) in [5, 5.41) is 0. The lowest BCUT2D eigenvalue weighted by Gasteiger charge is -2.18. The number of likely N-dealkylation sites (tertiary alicyclic amines) is 1. The quantitative estimate of drug-likeness (QED) is 0.779. The van der Waals surface area contributed by atoms with E-state index in [4.69, 9.17) is 5.73 Å². The molecule has 2 atom stereocenters. The van der Waals surface area contributed by atoms with Gasteiger partial charge in [0.25, 0.3) is 5.91 Å². The molecule has 2 N–H and O–H groups in total. The molecule has 6 heteroatoms. The number of benzene rings is 1. The van der Waals surface area contributed by atoms with Gasteiger partial charge in [-0.25, -0.2) is 4.39 Å². The van der Waals surface area contributed by atoms with Crippen molar-refractivity contribution < 1.29 is 9.18 Å². The molecule has 0 bridgehead atoms. The molecule has 0 aliphatic carbocycles. The lowest BCUT2D eigenvalue weighted by Crippen LogP contribution is -2.33. The summed E-state index contributed by atoms with van der Waals surface area (Å²) < 4.78 is 13.7. The molecule has 0 spiro atoms. The first-order chi connectivity index (χ1) is 8.49. The van der Waals surface area contributed by atoms with Gasteiger partial charge in [0.1, 0.15) is 5.82 Å². The van der Waals surface area contributed by atoms with Crippen molar-refractivity contribution in [1.29, 1.82) is 0 Å². The van der Waals surface area contributed by atoms with Crippen LogP contribution in [-0.4, -0.2) is 29.9 Å². The molecule has 1 aliphatic heterocycles. The van der Waals surface area contributed by atoms with E-state index in [1.165, 1.54) is 12.1 Å². The van der Waals surface area contributed by atoms with E-state index >= 15 is 0 Å². The summed E-state index contributed by atoms with van der Waals surface area (Å²) in [5.74, 6) is 0.0282. The van der Waals surface area contributed by atoms with Gasteiger partial charge in [0.05, 0.1) is 5.56 Å². The van der Waals surface area contributed by atoms with Crippen LogP contribution < -0.4 is 5.73 Å². The summed E-state index contributed by atoms with van der Waals surface area (Å²) in [6.07, 6.45) is 0.946. The molecule has 19 heavy (non-hydrogen) atoms. The maximum atomic E-state index is 13.0. The van der Waals surface area contributed by atoms with Gasteiger partial charge in [0, 0.05) is 22.7 Å². The number of carbonyl (C=O) groups is 1. The highest BCUT2D eigenvalue weighted by molar-refractivity contribution is 14.1. The largest absolute Gasteiger partial charge is 0.338 e. The molecule has 1 aliphatic rings. The van der Waals surface area contributed by atoms with E-state index in [2.05, 4.69) is 0 Å². The second-order valence-electron chi connectivity index (χ2n) is 4.78. The van der Waals surface area contributed by atoms with E-state index in [0.717, 1.165) is 13.0 Å². The summed E-state index contributed by atoms with van der Waals surface area (Å²) in [5.41, 5.74) is 6.43. The minimum Gasteiger partial charge on any atom is -0.338 e. The van der Waals surface area contributed by atoms with Crippen molar-refractivity contribution in [3.05, 3.63) is 33.1 Å². The Bertz CT molecular complexity index is 470. The van der Waals surface area contributed by atoms with Gasteiger partial charge in [-0.1, -0.05) is 0 Å². The van der Waals surface area contributed by atoms with E-state index in [-0.39, 0.29) is 30.2 Å². The predicted molar refractivity (Wildman–Crippen MR) is 84.0 cm³/mol. The highest BCUT2D eigenvalue weighted by Crippen LogP contribution is 2.23. The van der Waals surface area contributed by atoms with Crippen LogP contribution in [0.25, 0.3) is 0 Å². The number of nitrogens with two attached hydrogens (primary N) is 1. The third kappa shape index (κ3) is 3.79. The van der Waals surface area contributed by atoms with Gasteiger partial charge >= 0.3 is 0 Å². The lowest BCUT2D eigenvalue weighted by molar-refractivity contribution is 0.0785. The molecule has 1 amide bonds. The maximum Gasteiger partial charge on any atom is 0.254 e. The van der Waals surface area contributed by atoms with Crippen LogP contribution in [0.2, 0.25) is 0 Å². The Labute approximate surface area is 132 Å². The Morgan fingerprint density at radius 2 is 2.26 bits per heavy atom. The van der Waals surface area contributed by atoms with E-state index in [1.807, 2.05) is 34.4 Å². The number of hydrogen-bond donors (Lipinski definition) is 1. The van der Waals surface area contributed by atoms with Gasteiger partial charge in [0.15, 0.2) is 0 Å². The first-order valence-electron chi connectivity index (χ1n) is 5.99. The van der Waals surface area contributed by atoms with Crippen LogP contribution in [0, 0.1) is 15.3 Å². The third-order valence-electron chi connectivity index (χ3n) is 3.42. The molecule has 0 saturated carbocycles. The number of hydrogen-bond acceptors (Lipinski definition) is 2. The average Bonchev–Trinajstić information content (AvgIpc) is 2.77. The van der Waals surface area contributed by atoms with Gasteiger partial charge in [-0.3, -0.25) is 4.79 Å². The standard InChI is InChI=1S/C13H16FIN2O.ClH/c1-8(16)9-4-5-17(7-9)13(18)11-3-2-10(14)6-12(11)15;/h2-3,6,8-9H,4-5,7,16H2,1H3;1H. The summed E-state index contributed by atoms with van der Waals surface area (Å²) >= 11 is 1.99. The van der Waals surface area contributed by atoms with Crippen LogP contribution in [-0.2, 0) is 0 Å². The molecule has 1 saturated heterocycles. The SMILES string of the molecule is CC(N)C1CCN(C(=O)c2ccc(F)cc2I)C1.Cl. The topological polar surface area (TPSA) is 46.3 Å². The minimum absolute atomic E-state index is 0. The molecule has 0 radical (unpaired) electrons. The second-order valence-corrected chi connectivity index (χ2v) is 5.95. The predicted octanol–water partition coefficient (Wildman–Crippen LogP) is 2.66. The van der Waals surface area contributed by atoms with Crippen molar-refractivity contribution >= 4 is 40.9 Å². The summed E-state index contributed by atoms with van der Waals surface area (Å²) in [6, 6.07) is 4.37. The first-order valence-corrected chi connectivity index (χ1v) is 7.07. The number of amides is 1. The van der Waals surface area contributed by atoms with Crippen molar-refractivity contribution in [3.8, 4) is 0 Å². The Morgan fingerprint density at radius 1 is 1.58 bits per heavy atom. The average molecular weight is 399 g/mol. The summed E-state index contributed by atoms with van der Waals surface area (Å²) in [7, 11) is 0. The molecule has 3 nitrogen and oxygen atoms in total. The molecular weight excluding hydrogens is 382 g/mol. The van der Waals surface area contributed by atoms with Gasteiger partial charge in [-0.2, -0.15) is 0 Å². The molecule has 1 aromatic rings. The summed E-state index contributed by atoms with van der Waals surface area (Å²) in [6.45, 7) is 3.41. The molecular formula is C13H17ClFIN2O. The van der Waals surface area contributed by atoms with Crippen LogP contribution in [0.5, 0.6) is 0 Å². The van der Waals surface area contributed by atoms with Crippen LogP contribution in [0.1, 0.15) is 23.7 Å². The van der Waals surface area contributed by atoms with Gasteiger partial charge < -0.3 is 10.6 Å². The van der Waals surface area contributed by atoms with E-state index in [0.29, 0.717) is 21.6 Å². The van der Waals surface area contributed by atoms with Gasteiger partial charge in [-0.15, -0.1) is 12.4 Å². The van der Waals surface area contributed by atoms with Crippen molar-refractivity contribution in [2.45, 2.75) is 19.4 Å². The smallest absolute Gasteiger partial charge is 0.254 e. The normalized spacial score (nSPS) is 20.0. The fourth-order valence-electron chi connectivity index (χ4n) is 2.23. The molecule has 1 aromatic carbocycles. The molecule has 0 aromatic heterocycles. The minimum atomic E-state index is -0.314. The van der Waals surface area contributed by atoms with Crippen molar-refractivity contribution in [2.24, 2.45) is 11.7 Å². The monoisotopic (exact) mass is 398 g/mol. The van der Waals surface area contributed by atoms with Crippen LogP contribution >= 0.6 is 35.0 Å². The fraction of sp³-hybridized carbons (Fsp3) is 0.462. The Balaban J connectivity index is 0.00000180. The van der Waals surface area contributed by atoms with Gasteiger partial charge in [-0.05, 0) is 60.1 Å². The Hall–Kier alpha value is -0.400. The lowest BCUT2D eigenvalue weighted by atomic mass is 10.0. The maximum absolute atomic E-state index is 13.0. The number of rotatable bonds is 2. The summed E-state index contributed by atoms with van der Waals surface area (Å²) in [4.78, 5) is 14.1. The zero-order chi connectivity index (χ0) is 13.3. The number of halogens is 3. The van der Waals surface area contributed by atoms with Crippen molar-refractivity contribution in [1.82, 2.24) is 4.90 Å². The highest BCUT2D eigenvalue weighted by atomic mass is 127. The first kappa shape index (κ1) is 16.7. The van der Waals surface area contributed by atoms with Gasteiger partial charge in [0.2, 0.25) is 0 Å². The van der Waals surface area contributed by atoms with Crippen molar-refractivity contribution in [2.75, 3.05) is 13.1 Å². The Kier molecular flexibility index (Phi) is 6.01. The zero-order valence-corrected chi connectivity index (χ0v) is 13.6. The molecule has 106 valence electrons. The van der Waals surface area contributed by atoms with E-state index in [1.54, 1.807) is 6.07 Å². The van der Waals surface area contributed by atoms with E-state index < -0.39 is 0 Å². The highest BCUT2D eigenvalue weighted by Gasteiger charge is 2.29. The molecule has 2 rings (SSSR count). The molecule has 1 heterocycles. The third-order valence-corrected chi connectivity index (χ3v) is 4.31.